The summed E-state index contributed by atoms with van der Waals surface area (Å²) in [6.07, 6.45) is 0. The largest absolute Gasteiger partial charge is 0.545 e. The van der Waals surface area contributed by atoms with Crippen molar-refractivity contribution in [1.29, 1.82) is 0 Å². The summed E-state index contributed by atoms with van der Waals surface area (Å²) in [7, 11) is 1.58. The lowest BCUT2D eigenvalue weighted by atomic mass is 9.86. The molecule has 0 radical (unpaired) electrons. The third kappa shape index (κ3) is 4.68. The molecule has 0 N–H and O–H groups in total. The number of carbonyl (C=O) groups excluding carboxylic acids is 2. The van der Waals surface area contributed by atoms with Crippen molar-refractivity contribution in [3.63, 3.8) is 0 Å². The maximum absolute atomic E-state index is 11.9. The first kappa shape index (κ1) is 21.8. The van der Waals surface area contributed by atoms with Gasteiger partial charge in [-0.25, -0.2) is 0 Å². The van der Waals surface area contributed by atoms with Gasteiger partial charge in [-0.1, -0.05) is 39.8 Å². The zero-order chi connectivity index (χ0) is 21.0. The molecule has 2 rings (SSSR count). The Bertz CT molecular complexity index is 887. The van der Waals surface area contributed by atoms with Crippen LogP contribution in [0.3, 0.4) is 0 Å². The van der Waals surface area contributed by atoms with E-state index in [0.29, 0.717) is 27.5 Å². The van der Waals surface area contributed by atoms with Gasteiger partial charge in [0.2, 0.25) is 0 Å². The first-order valence-corrected chi connectivity index (χ1v) is 10.0. The summed E-state index contributed by atoms with van der Waals surface area (Å²) in [5, 5.41) is 23.8. The predicted octanol–water partition coefficient (Wildman–Crippen LogP) is 2.96. The molecule has 0 aliphatic rings. The van der Waals surface area contributed by atoms with Crippen molar-refractivity contribution in [2.75, 3.05) is 7.11 Å². The average Bonchev–Trinajstić information content (AvgIpc) is 2.64. The van der Waals surface area contributed by atoms with Crippen LogP contribution in [-0.2, 0) is 5.75 Å². The molecule has 0 aliphatic carbocycles. The Hall–Kier alpha value is -2.47. The molecule has 2 aromatic rings. The van der Waals surface area contributed by atoms with Crippen molar-refractivity contribution < 1.29 is 24.5 Å². The fourth-order valence-corrected chi connectivity index (χ4v) is 4.45. The van der Waals surface area contributed by atoms with E-state index in [1.54, 1.807) is 7.11 Å². The van der Waals surface area contributed by atoms with E-state index in [-0.39, 0.29) is 23.0 Å². The molecule has 0 saturated carbocycles. The van der Waals surface area contributed by atoms with Crippen LogP contribution >= 0.6 is 11.8 Å². The smallest absolute Gasteiger partial charge is 0.119 e. The number of rotatable bonds is 8. The third-order valence-corrected chi connectivity index (χ3v) is 5.69. The van der Waals surface area contributed by atoms with E-state index in [1.807, 2.05) is 52.0 Å². The molecule has 0 heterocycles. The average molecular weight is 400 g/mol. The van der Waals surface area contributed by atoms with Gasteiger partial charge in [0.25, 0.3) is 0 Å². The van der Waals surface area contributed by atoms with Gasteiger partial charge in [0, 0.05) is 21.8 Å². The predicted molar refractivity (Wildman–Crippen MR) is 106 cm³/mol. The molecule has 6 heteroatoms. The van der Waals surface area contributed by atoms with E-state index in [2.05, 4.69) is 0 Å². The summed E-state index contributed by atoms with van der Waals surface area (Å²) in [5.41, 5.74) is 1.98. The summed E-state index contributed by atoms with van der Waals surface area (Å²) in [5.74, 6) is -1.81. The second-order valence-electron chi connectivity index (χ2n) is 7.16. The van der Waals surface area contributed by atoms with Crippen LogP contribution < -0.4 is 14.9 Å². The first-order valence-electron chi connectivity index (χ1n) is 9.06. The number of thioether (sulfide) groups is 1. The lowest BCUT2D eigenvalue weighted by molar-refractivity contribution is -0.256. The van der Waals surface area contributed by atoms with Crippen molar-refractivity contribution >= 4 is 23.7 Å². The number of benzene rings is 2. The summed E-state index contributed by atoms with van der Waals surface area (Å²) >= 11 is 1.29. The number of aromatic carboxylic acids is 2. The van der Waals surface area contributed by atoms with Gasteiger partial charge < -0.3 is 24.5 Å². The fraction of sp³-hybridized carbons (Fsp3) is 0.364. The Morgan fingerprint density at radius 2 is 1.71 bits per heavy atom. The van der Waals surface area contributed by atoms with E-state index in [9.17, 15) is 19.8 Å². The summed E-state index contributed by atoms with van der Waals surface area (Å²) < 4.78 is 5.22. The normalized spacial score (nSPS) is 11.1. The topological polar surface area (TPSA) is 89.5 Å². The van der Waals surface area contributed by atoms with E-state index in [0.717, 1.165) is 5.56 Å². The fourth-order valence-electron chi connectivity index (χ4n) is 3.17. The standard InChI is InChI=1S/C22H26O5S/c1-12(2)16-10-17(21(23)24)20(18(13(3)4)19(16)22(25)26)28-11-14-7-6-8-15(9-14)27-5/h6-10,12-13H,11H2,1-5H3,(H,23,24)(H,25,26)/p-2. The molecule has 2 aromatic carbocycles. The molecular formula is C22H24O5S-2. The van der Waals surface area contributed by atoms with E-state index in [4.69, 9.17) is 4.74 Å². The van der Waals surface area contributed by atoms with Gasteiger partial charge >= 0.3 is 0 Å². The number of hydrogen-bond acceptors (Lipinski definition) is 6. The Morgan fingerprint density at radius 1 is 1.04 bits per heavy atom. The Morgan fingerprint density at radius 3 is 2.21 bits per heavy atom. The molecule has 150 valence electrons. The zero-order valence-electron chi connectivity index (χ0n) is 16.7. The SMILES string of the molecule is COc1cccc(CSc2c(C(=O)[O-])cc(C(C)C)c(C(=O)[O-])c2C(C)C)c1. The highest BCUT2D eigenvalue weighted by Gasteiger charge is 2.23. The van der Waals surface area contributed by atoms with Crippen LogP contribution in [-0.4, -0.2) is 19.0 Å². The molecule has 0 spiro atoms. The van der Waals surface area contributed by atoms with Crippen molar-refractivity contribution in [2.24, 2.45) is 0 Å². The molecule has 0 amide bonds. The minimum absolute atomic E-state index is 0.0188. The van der Waals surface area contributed by atoms with Crippen LogP contribution in [0, 0.1) is 0 Å². The molecule has 28 heavy (non-hydrogen) atoms. The summed E-state index contributed by atoms with van der Waals surface area (Å²) in [4.78, 5) is 24.2. The number of carbonyl (C=O) groups is 2. The maximum Gasteiger partial charge on any atom is 0.119 e. The molecule has 0 aliphatic heterocycles. The van der Waals surface area contributed by atoms with Crippen LogP contribution in [0.5, 0.6) is 5.75 Å². The summed E-state index contributed by atoms with van der Waals surface area (Å²) in [6.45, 7) is 7.35. The van der Waals surface area contributed by atoms with Gasteiger partial charge in [-0.3, -0.25) is 0 Å². The summed E-state index contributed by atoms with van der Waals surface area (Å²) in [6, 6.07) is 8.87. The number of methoxy groups -OCH3 is 1. The van der Waals surface area contributed by atoms with Gasteiger partial charge in [0.15, 0.2) is 0 Å². The molecule has 5 nitrogen and oxygen atoms in total. The highest BCUT2D eigenvalue weighted by molar-refractivity contribution is 7.98. The van der Waals surface area contributed by atoms with Gasteiger partial charge in [-0.15, -0.1) is 11.8 Å². The van der Waals surface area contributed by atoms with Crippen LogP contribution in [0.25, 0.3) is 0 Å². The van der Waals surface area contributed by atoms with E-state index in [1.165, 1.54) is 17.8 Å². The Balaban J connectivity index is 2.64. The lowest BCUT2D eigenvalue weighted by Gasteiger charge is -2.26. The first-order chi connectivity index (χ1) is 13.2. The van der Waals surface area contributed by atoms with E-state index >= 15 is 0 Å². The molecular weight excluding hydrogens is 376 g/mol. The van der Waals surface area contributed by atoms with Gasteiger partial charge in [-0.2, -0.15) is 0 Å². The highest BCUT2D eigenvalue weighted by atomic mass is 32.2. The molecule has 0 fully saturated rings. The number of carboxylic acid groups (broad SMARTS) is 2. The van der Waals surface area contributed by atoms with Crippen molar-refractivity contribution in [3.8, 4) is 5.75 Å². The Kier molecular flexibility index (Phi) is 7.13. The molecule has 0 unspecified atom stereocenters. The quantitative estimate of drug-likeness (QED) is 0.633. The van der Waals surface area contributed by atoms with Crippen molar-refractivity contribution in [2.45, 2.75) is 50.2 Å². The van der Waals surface area contributed by atoms with Gasteiger partial charge in [-0.05, 0) is 46.7 Å². The van der Waals surface area contributed by atoms with Gasteiger partial charge in [0.1, 0.15) is 5.75 Å². The van der Waals surface area contributed by atoms with E-state index < -0.39 is 11.9 Å². The van der Waals surface area contributed by atoms with Crippen LogP contribution in [0.4, 0.5) is 0 Å². The minimum atomic E-state index is -1.32. The number of ether oxygens (including phenoxy) is 1. The second-order valence-corrected chi connectivity index (χ2v) is 8.14. The number of carboxylic acids is 2. The van der Waals surface area contributed by atoms with Gasteiger partial charge in [0.05, 0.1) is 19.0 Å². The lowest BCUT2D eigenvalue weighted by Crippen LogP contribution is -2.29. The van der Waals surface area contributed by atoms with Crippen molar-refractivity contribution in [1.82, 2.24) is 0 Å². The zero-order valence-corrected chi connectivity index (χ0v) is 17.5. The maximum atomic E-state index is 11.9. The number of hydrogen-bond donors (Lipinski definition) is 0. The van der Waals surface area contributed by atoms with Crippen molar-refractivity contribution in [3.05, 3.63) is 58.1 Å². The second kappa shape index (κ2) is 9.15. The third-order valence-electron chi connectivity index (χ3n) is 4.49. The molecule has 0 bridgehead atoms. The highest BCUT2D eigenvalue weighted by Crippen LogP contribution is 2.39. The van der Waals surface area contributed by atoms with Crippen LogP contribution in [0.2, 0.25) is 0 Å². The monoisotopic (exact) mass is 400 g/mol. The molecule has 0 aromatic heterocycles. The van der Waals surface area contributed by atoms with Crippen LogP contribution in [0.1, 0.15) is 76.9 Å². The minimum Gasteiger partial charge on any atom is -0.545 e. The Labute approximate surface area is 169 Å². The van der Waals surface area contributed by atoms with Crippen LogP contribution in [0.15, 0.2) is 35.2 Å². The molecule has 0 saturated heterocycles. The molecule has 0 atom stereocenters.